The summed E-state index contributed by atoms with van der Waals surface area (Å²) in [4.78, 5) is 12.2. The van der Waals surface area contributed by atoms with Gasteiger partial charge in [-0.15, -0.1) is 0 Å². The topological polar surface area (TPSA) is 44.8 Å². The van der Waals surface area contributed by atoms with Crippen LogP contribution in [-0.4, -0.2) is 41.7 Å². The Morgan fingerprint density at radius 1 is 1.38 bits per heavy atom. The molecule has 144 valence electrons. The van der Waals surface area contributed by atoms with E-state index in [0.717, 1.165) is 15.8 Å². The third-order valence-corrected chi connectivity index (χ3v) is 13.1. The van der Waals surface area contributed by atoms with Crippen LogP contribution < -0.4 is 8.35 Å². The molecule has 0 aromatic heterocycles. The quantitative estimate of drug-likeness (QED) is 0.278. The van der Waals surface area contributed by atoms with Crippen molar-refractivity contribution in [1.82, 2.24) is 0 Å². The molecule has 0 radical (unpaired) electrons. The van der Waals surface area contributed by atoms with Gasteiger partial charge in [-0.25, -0.2) is 0 Å². The molecule has 0 N–H and O–H groups in total. The molecule has 0 fully saturated rings. The van der Waals surface area contributed by atoms with Crippen LogP contribution in [0.3, 0.4) is 0 Å². The first-order valence-electron chi connectivity index (χ1n) is 8.42. The monoisotopic (exact) mass is 516 g/mol. The predicted octanol–water partition coefficient (Wildman–Crippen LogP) is 4.39. The average molecular weight is 515 g/mol. The number of ether oxygens (including phenoxy) is 3. The van der Waals surface area contributed by atoms with Crippen LogP contribution in [-0.2, 0) is 14.3 Å². The molecule has 0 bridgehead atoms. The average Bonchev–Trinajstić information content (AvgIpc) is 3.02. The zero-order valence-electron chi connectivity index (χ0n) is 15.0. The second kappa shape index (κ2) is 9.90. The summed E-state index contributed by atoms with van der Waals surface area (Å²) in [6, 6.07) is 7.53. The first-order valence-corrected chi connectivity index (χ1v) is 17.1. The standard InChI is InChI=1S/C19H24Cl2O4Te/c1-4-6-7-18-17(19(22)24-5-2)12-15(25-18)13-26(20,21)16-10-8-14(23-3)9-11-16/h4,8-11,15H,1,5-7,12-13H2,2-3H3. The summed E-state index contributed by atoms with van der Waals surface area (Å²) >= 11 is -3.36. The van der Waals surface area contributed by atoms with E-state index in [4.69, 9.17) is 32.1 Å². The van der Waals surface area contributed by atoms with E-state index in [2.05, 4.69) is 6.58 Å². The molecule has 1 aliphatic rings. The van der Waals surface area contributed by atoms with Crippen LogP contribution in [0.15, 0.2) is 48.3 Å². The second-order valence-corrected chi connectivity index (χ2v) is 19.5. The van der Waals surface area contributed by atoms with E-state index < -0.39 is 15.9 Å². The Balaban J connectivity index is 2.09. The van der Waals surface area contributed by atoms with Crippen LogP contribution in [0.1, 0.15) is 26.2 Å². The summed E-state index contributed by atoms with van der Waals surface area (Å²) in [6.07, 6.45) is 3.44. The molecule has 1 atom stereocenters. The Labute approximate surface area is 166 Å². The fourth-order valence-electron chi connectivity index (χ4n) is 2.71. The van der Waals surface area contributed by atoms with Gasteiger partial charge in [0.05, 0.1) is 0 Å². The van der Waals surface area contributed by atoms with Crippen LogP contribution in [0.5, 0.6) is 5.75 Å². The van der Waals surface area contributed by atoms with Gasteiger partial charge in [-0.2, -0.15) is 0 Å². The molecule has 1 heterocycles. The van der Waals surface area contributed by atoms with Crippen molar-refractivity contribution in [3.63, 3.8) is 0 Å². The minimum absolute atomic E-state index is 0.201. The molecule has 0 spiro atoms. The molecule has 1 aromatic rings. The number of hydrogen-bond acceptors (Lipinski definition) is 4. The van der Waals surface area contributed by atoms with E-state index in [1.54, 1.807) is 20.1 Å². The van der Waals surface area contributed by atoms with Gasteiger partial charge in [-0.1, -0.05) is 0 Å². The Hall–Kier alpha value is -0.860. The van der Waals surface area contributed by atoms with Gasteiger partial charge < -0.3 is 0 Å². The van der Waals surface area contributed by atoms with Gasteiger partial charge in [0, 0.05) is 0 Å². The van der Waals surface area contributed by atoms with Gasteiger partial charge in [-0.05, 0) is 0 Å². The summed E-state index contributed by atoms with van der Waals surface area (Å²) < 4.78 is 17.8. The van der Waals surface area contributed by atoms with Crippen molar-refractivity contribution < 1.29 is 19.0 Å². The van der Waals surface area contributed by atoms with Gasteiger partial charge in [0.1, 0.15) is 0 Å². The van der Waals surface area contributed by atoms with Crippen LogP contribution in [0.2, 0.25) is 4.47 Å². The second-order valence-electron chi connectivity index (χ2n) is 5.81. The van der Waals surface area contributed by atoms with Crippen molar-refractivity contribution >= 4 is 43.4 Å². The molecule has 0 amide bonds. The molecular formula is C19H24Cl2O4Te. The zero-order chi connectivity index (χ0) is 19.2. The van der Waals surface area contributed by atoms with Crippen LogP contribution >= 0.6 is 17.9 Å². The summed E-state index contributed by atoms with van der Waals surface area (Å²) in [5.74, 6) is 1.12. The molecule has 7 heteroatoms. The number of carbonyl (C=O) groups is 1. The van der Waals surface area contributed by atoms with Gasteiger partial charge >= 0.3 is 167 Å². The number of methoxy groups -OCH3 is 1. The number of rotatable bonds is 9. The maximum absolute atomic E-state index is 12.2. The molecule has 2 rings (SSSR count). The van der Waals surface area contributed by atoms with Gasteiger partial charge in [0.2, 0.25) is 0 Å². The number of allylic oxidation sites excluding steroid dienone is 2. The van der Waals surface area contributed by atoms with Crippen LogP contribution in [0.4, 0.5) is 0 Å². The number of benzene rings is 1. The molecule has 0 saturated carbocycles. The number of halogens is 2. The van der Waals surface area contributed by atoms with Crippen molar-refractivity contribution in [3.8, 4) is 5.75 Å². The van der Waals surface area contributed by atoms with Crippen molar-refractivity contribution in [2.75, 3.05) is 13.7 Å². The van der Waals surface area contributed by atoms with Crippen LogP contribution in [0.25, 0.3) is 0 Å². The van der Waals surface area contributed by atoms with Crippen LogP contribution in [0, 0.1) is 0 Å². The third kappa shape index (κ3) is 5.57. The van der Waals surface area contributed by atoms with Crippen molar-refractivity contribution in [3.05, 3.63) is 48.3 Å². The summed E-state index contributed by atoms with van der Waals surface area (Å²) in [5, 5.41) is 0. The van der Waals surface area contributed by atoms with E-state index in [1.807, 2.05) is 24.3 Å². The first kappa shape index (κ1) is 21.4. The molecule has 1 aromatic carbocycles. The third-order valence-electron chi connectivity index (χ3n) is 3.97. The molecule has 26 heavy (non-hydrogen) atoms. The Bertz CT molecular complexity index is 671. The first-order chi connectivity index (χ1) is 12.4. The van der Waals surface area contributed by atoms with Crippen molar-refractivity contribution in [2.24, 2.45) is 0 Å². The Morgan fingerprint density at radius 3 is 2.65 bits per heavy atom. The summed E-state index contributed by atoms with van der Waals surface area (Å²) in [6.45, 7) is 5.85. The number of carbonyl (C=O) groups excluding carboxylic acids is 1. The Kier molecular flexibility index (Phi) is 8.16. The van der Waals surface area contributed by atoms with E-state index >= 15 is 0 Å². The number of hydrogen-bond donors (Lipinski definition) is 0. The fraction of sp³-hybridized carbons (Fsp3) is 0.421. The molecular weight excluding hydrogens is 491 g/mol. The molecule has 4 nitrogen and oxygen atoms in total. The maximum atomic E-state index is 12.2. The molecule has 1 aliphatic heterocycles. The van der Waals surface area contributed by atoms with Crippen molar-refractivity contribution in [1.29, 1.82) is 0 Å². The molecule has 0 aliphatic carbocycles. The van der Waals surface area contributed by atoms with Gasteiger partial charge in [0.25, 0.3) is 0 Å². The molecule has 1 unspecified atom stereocenters. The predicted molar refractivity (Wildman–Crippen MR) is 107 cm³/mol. The minimum atomic E-state index is -3.36. The van der Waals surface area contributed by atoms with Gasteiger partial charge in [-0.3, -0.25) is 0 Å². The summed E-state index contributed by atoms with van der Waals surface area (Å²) in [5.41, 5.74) is 0.598. The van der Waals surface area contributed by atoms with E-state index in [0.29, 0.717) is 35.2 Å². The fourth-order valence-corrected chi connectivity index (χ4v) is 9.91. The SMILES string of the molecule is C=CCCC1=C(C(=O)OCC)CC(C[Te](Cl)(Cl)c2ccc(OC)cc2)O1. The van der Waals surface area contributed by atoms with Gasteiger partial charge in [0.15, 0.2) is 0 Å². The molecule has 0 saturated heterocycles. The summed E-state index contributed by atoms with van der Waals surface area (Å²) in [7, 11) is 15.1. The Morgan fingerprint density at radius 2 is 2.08 bits per heavy atom. The zero-order valence-corrected chi connectivity index (χ0v) is 18.8. The van der Waals surface area contributed by atoms with E-state index in [1.165, 1.54) is 0 Å². The van der Waals surface area contributed by atoms with Crippen molar-refractivity contribution in [2.45, 2.75) is 36.8 Å². The number of esters is 1. The normalized spacial score (nSPS) is 17.6. The van der Waals surface area contributed by atoms with E-state index in [-0.39, 0.29) is 12.1 Å². The van der Waals surface area contributed by atoms with E-state index in [9.17, 15) is 4.79 Å².